The third kappa shape index (κ3) is 4.88. The molecule has 4 N–H and O–H groups in total. The molecule has 5 atom stereocenters. The third-order valence-corrected chi connectivity index (χ3v) is 7.65. The summed E-state index contributed by atoms with van der Waals surface area (Å²) < 4.78 is 12.0. The van der Waals surface area contributed by atoms with E-state index < -0.39 is 20.3 Å². The molecule has 0 saturated carbocycles. The number of aliphatic hydroxyl groups is 2. The number of rotatable bonds is 7. The van der Waals surface area contributed by atoms with Crippen molar-refractivity contribution in [3.63, 3.8) is 0 Å². The lowest BCUT2D eigenvalue weighted by Gasteiger charge is -2.43. The number of amides is 1. The van der Waals surface area contributed by atoms with Gasteiger partial charge in [-0.3, -0.25) is 4.79 Å². The van der Waals surface area contributed by atoms with Crippen molar-refractivity contribution in [1.82, 2.24) is 0 Å². The van der Waals surface area contributed by atoms with E-state index in [1.54, 1.807) is 25.3 Å². The Balaban J connectivity index is 2.37. The zero-order valence-electron chi connectivity index (χ0n) is 16.6. The second kappa shape index (κ2) is 8.70. The van der Waals surface area contributed by atoms with Gasteiger partial charge in [-0.2, -0.15) is 0 Å². The minimum absolute atomic E-state index is 0.0109. The Morgan fingerprint density at radius 1 is 1.41 bits per heavy atom. The monoisotopic (exact) mass is 397 g/mol. The largest absolute Gasteiger partial charge is 0.490 e. The number of nitrogens with one attached hydrogen (secondary N) is 1. The van der Waals surface area contributed by atoms with Crippen LogP contribution in [0, 0.1) is 5.92 Å². The summed E-state index contributed by atoms with van der Waals surface area (Å²) in [6.45, 7) is 7.12. The lowest BCUT2D eigenvalue weighted by Crippen LogP contribution is -2.48. The van der Waals surface area contributed by atoms with E-state index in [1.165, 1.54) is 6.92 Å². The van der Waals surface area contributed by atoms with Crippen molar-refractivity contribution in [1.29, 1.82) is 0 Å². The highest BCUT2D eigenvalue weighted by Gasteiger charge is 2.45. The number of benzene rings is 1. The first-order valence-corrected chi connectivity index (χ1v) is 12.3. The maximum Gasteiger partial charge on any atom is 0.252 e. The highest BCUT2D eigenvalue weighted by atomic mass is 28.4. The van der Waals surface area contributed by atoms with E-state index in [-0.39, 0.29) is 30.3 Å². The molecular formula is C19H31NO6Si. The maximum atomic E-state index is 11.7. The zero-order valence-corrected chi connectivity index (χ0v) is 17.6. The van der Waals surface area contributed by atoms with Crippen molar-refractivity contribution in [3.05, 3.63) is 23.8 Å². The molecule has 1 aromatic carbocycles. The van der Waals surface area contributed by atoms with Gasteiger partial charge in [-0.05, 0) is 44.6 Å². The number of carbonyl (C=O) groups excluding carboxylic acids is 1. The van der Waals surface area contributed by atoms with Crippen LogP contribution < -0.4 is 10.1 Å². The van der Waals surface area contributed by atoms with Gasteiger partial charge in [-0.1, -0.05) is 6.92 Å². The molecule has 0 saturated heterocycles. The van der Waals surface area contributed by atoms with Crippen molar-refractivity contribution < 1.29 is 29.3 Å². The van der Waals surface area contributed by atoms with Crippen LogP contribution in [0.1, 0.15) is 31.9 Å². The lowest BCUT2D eigenvalue weighted by molar-refractivity contribution is -0.123. The summed E-state index contributed by atoms with van der Waals surface area (Å²) in [5.74, 6) is 0.101. The van der Waals surface area contributed by atoms with Crippen LogP contribution >= 0.6 is 0 Å². The fourth-order valence-electron chi connectivity index (χ4n) is 3.76. The lowest BCUT2D eigenvalue weighted by atomic mass is 9.86. The maximum absolute atomic E-state index is 11.7. The number of anilines is 1. The average Bonchev–Trinajstić information content (AvgIpc) is 2.58. The van der Waals surface area contributed by atoms with Crippen molar-refractivity contribution in [2.45, 2.75) is 57.2 Å². The van der Waals surface area contributed by atoms with Gasteiger partial charge in [0.1, 0.15) is 18.0 Å². The smallest absolute Gasteiger partial charge is 0.252 e. The van der Waals surface area contributed by atoms with Crippen LogP contribution in [0.25, 0.3) is 0 Å². The summed E-state index contributed by atoms with van der Waals surface area (Å²) in [5.41, 5.74) is 1.22. The first-order chi connectivity index (χ1) is 12.6. The molecule has 152 valence electrons. The van der Waals surface area contributed by atoms with Crippen molar-refractivity contribution in [2.75, 3.05) is 19.0 Å². The first-order valence-electron chi connectivity index (χ1n) is 9.25. The Labute approximate surface area is 161 Å². The second-order valence-electron chi connectivity index (χ2n) is 7.79. The molecule has 0 aromatic heterocycles. The molecule has 8 heteroatoms. The summed E-state index contributed by atoms with van der Waals surface area (Å²) in [4.78, 5) is 22.5. The van der Waals surface area contributed by atoms with Gasteiger partial charge in [0.05, 0.1) is 6.10 Å². The van der Waals surface area contributed by atoms with Crippen LogP contribution in [0.4, 0.5) is 5.69 Å². The molecule has 1 unspecified atom stereocenters. The molecular weight excluding hydrogens is 366 g/mol. The van der Waals surface area contributed by atoms with Gasteiger partial charge in [-0.15, -0.1) is 0 Å². The number of hydrogen-bond acceptors (Lipinski definition) is 6. The van der Waals surface area contributed by atoms with E-state index in [4.69, 9.17) is 9.47 Å². The SMILES string of the molecule is CO[C@H]1c2cc(NC(=O)[C@H](C)O)ccc2O[C@@H](C(CCO)[Si](C)(C)O)[C@@H]1C. The van der Waals surface area contributed by atoms with Crippen LogP contribution in [0.5, 0.6) is 5.75 Å². The van der Waals surface area contributed by atoms with E-state index >= 15 is 0 Å². The normalized spacial score (nSPS) is 24.5. The number of fused-ring (bicyclic) bond motifs is 1. The minimum atomic E-state index is -2.57. The number of aliphatic hydroxyl groups excluding tert-OH is 2. The molecule has 1 aliphatic rings. The standard InChI is InChI=1S/C19H31NO6Si/c1-11-17(25-3)14-10-13(20-19(23)12(2)22)6-7-15(14)26-18(11)16(8-9-21)27(4,5)24/h6-7,10-12,16-18,21-22,24H,8-9H2,1-5H3,(H,20,23)/t11-,12+,16?,17-,18-/m1/s1. The molecule has 27 heavy (non-hydrogen) atoms. The Morgan fingerprint density at radius 3 is 2.59 bits per heavy atom. The van der Waals surface area contributed by atoms with Crippen LogP contribution in [-0.4, -0.2) is 55.2 Å². The molecule has 0 aliphatic carbocycles. The fourth-order valence-corrected chi connectivity index (χ4v) is 5.77. The molecule has 0 spiro atoms. The van der Waals surface area contributed by atoms with E-state index in [0.29, 0.717) is 17.9 Å². The Kier molecular flexibility index (Phi) is 7.04. The Morgan fingerprint density at radius 2 is 2.07 bits per heavy atom. The van der Waals surface area contributed by atoms with E-state index in [1.807, 2.05) is 20.0 Å². The summed E-state index contributed by atoms with van der Waals surface area (Å²) in [6, 6.07) is 5.26. The molecule has 0 bridgehead atoms. The Hall–Kier alpha value is -1.45. The molecule has 1 aliphatic heterocycles. The van der Waals surface area contributed by atoms with Crippen LogP contribution in [0.2, 0.25) is 18.6 Å². The van der Waals surface area contributed by atoms with Gasteiger partial charge in [0.25, 0.3) is 5.91 Å². The summed E-state index contributed by atoms with van der Waals surface area (Å²) >= 11 is 0. The second-order valence-corrected chi connectivity index (χ2v) is 11.8. The topological polar surface area (TPSA) is 108 Å². The fraction of sp³-hybridized carbons (Fsp3) is 0.632. The summed E-state index contributed by atoms with van der Waals surface area (Å²) in [6.07, 6.45) is -1.19. The van der Waals surface area contributed by atoms with Gasteiger partial charge in [0.2, 0.25) is 0 Å². The predicted molar refractivity (Wildman–Crippen MR) is 105 cm³/mol. The molecule has 1 heterocycles. The number of ether oxygens (including phenoxy) is 2. The van der Waals surface area contributed by atoms with Gasteiger partial charge in [-0.25, -0.2) is 0 Å². The number of hydrogen-bond donors (Lipinski definition) is 4. The highest BCUT2D eigenvalue weighted by Crippen LogP contribution is 2.47. The predicted octanol–water partition coefficient (Wildman–Crippen LogP) is 2.04. The molecule has 1 aromatic rings. The van der Waals surface area contributed by atoms with Crippen molar-refractivity contribution in [3.8, 4) is 5.75 Å². The van der Waals surface area contributed by atoms with Crippen LogP contribution in [0.3, 0.4) is 0 Å². The van der Waals surface area contributed by atoms with Crippen LogP contribution in [-0.2, 0) is 9.53 Å². The molecule has 0 radical (unpaired) electrons. The van der Waals surface area contributed by atoms with E-state index in [0.717, 1.165) is 5.56 Å². The molecule has 2 rings (SSSR count). The van der Waals surface area contributed by atoms with Gasteiger partial charge < -0.3 is 29.8 Å². The molecule has 1 amide bonds. The van der Waals surface area contributed by atoms with Gasteiger partial charge >= 0.3 is 0 Å². The summed E-state index contributed by atoms with van der Waals surface area (Å²) in [5, 5.41) is 21.5. The van der Waals surface area contributed by atoms with Crippen LogP contribution in [0.15, 0.2) is 18.2 Å². The quantitative estimate of drug-likeness (QED) is 0.525. The molecule has 7 nitrogen and oxygen atoms in total. The first kappa shape index (κ1) is 21.8. The van der Waals surface area contributed by atoms with E-state index in [2.05, 4.69) is 5.32 Å². The minimum Gasteiger partial charge on any atom is -0.490 e. The zero-order chi connectivity index (χ0) is 20.4. The van der Waals surface area contributed by atoms with Crippen molar-refractivity contribution in [2.24, 2.45) is 5.92 Å². The Bertz CT molecular complexity index is 660. The third-order valence-electron chi connectivity index (χ3n) is 5.22. The molecule has 0 fully saturated rings. The number of carbonyl (C=O) groups is 1. The van der Waals surface area contributed by atoms with Gasteiger partial charge in [0, 0.05) is 36.4 Å². The number of methoxy groups -OCH3 is 1. The van der Waals surface area contributed by atoms with Crippen molar-refractivity contribution >= 4 is 19.9 Å². The highest BCUT2D eigenvalue weighted by molar-refractivity contribution is 6.71. The average molecular weight is 398 g/mol. The summed E-state index contributed by atoms with van der Waals surface area (Å²) in [7, 11) is -0.949. The van der Waals surface area contributed by atoms with E-state index in [9.17, 15) is 19.8 Å². The van der Waals surface area contributed by atoms with Gasteiger partial charge in [0.15, 0.2) is 8.32 Å².